The largest absolute Gasteiger partial charge is 0.457 e. The van der Waals surface area contributed by atoms with Gasteiger partial charge in [0, 0.05) is 23.4 Å². The van der Waals surface area contributed by atoms with E-state index in [1.165, 1.54) is 17.1 Å². The highest BCUT2D eigenvalue weighted by Crippen LogP contribution is 2.21. The maximum atomic E-state index is 12.3. The topological polar surface area (TPSA) is 76.0 Å². The van der Waals surface area contributed by atoms with Gasteiger partial charge in [-0.1, -0.05) is 53.5 Å². The molecular weight excluding hydrogens is 415 g/mol. The summed E-state index contributed by atoms with van der Waals surface area (Å²) in [7, 11) is 0. The third-order valence-corrected chi connectivity index (χ3v) is 4.90. The number of amides is 1. The highest BCUT2D eigenvalue weighted by Gasteiger charge is 2.22. The van der Waals surface area contributed by atoms with Crippen molar-refractivity contribution in [2.45, 2.75) is 19.3 Å². The number of Topliss-reactive ketones (excluding diaryl/α,β-unsaturated/α-hetero) is 1. The van der Waals surface area contributed by atoms with Crippen molar-refractivity contribution < 1.29 is 19.1 Å². The molecule has 0 N–H and O–H groups in total. The van der Waals surface area contributed by atoms with Crippen LogP contribution in [0.4, 0.5) is 0 Å². The summed E-state index contributed by atoms with van der Waals surface area (Å²) < 4.78 is 4.96. The van der Waals surface area contributed by atoms with Gasteiger partial charge in [0.2, 0.25) is 11.7 Å². The molecule has 1 amide bonds. The molecular formula is C21H18Cl2N2O4. The summed E-state index contributed by atoms with van der Waals surface area (Å²) in [6, 6.07) is 14.1. The number of halogens is 2. The summed E-state index contributed by atoms with van der Waals surface area (Å²) in [6.07, 6.45) is 0.480. The van der Waals surface area contributed by atoms with Crippen LogP contribution in [0.25, 0.3) is 0 Å². The lowest BCUT2D eigenvalue weighted by molar-refractivity contribution is -0.145. The number of nitrogens with zero attached hydrogens (tertiary/aromatic N) is 2. The van der Waals surface area contributed by atoms with Crippen LogP contribution in [-0.2, 0) is 14.3 Å². The van der Waals surface area contributed by atoms with Crippen LogP contribution in [0.5, 0.6) is 0 Å². The van der Waals surface area contributed by atoms with Crippen molar-refractivity contribution in [3.63, 3.8) is 0 Å². The number of carbonyl (C=O) groups is 3. The zero-order valence-electron chi connectivity index (χ0n) is 15.4. The molecule has 0 unspecified atom stereocenters. The molecule has 0 fully saturated rings. The Morgan fingerprint density at radius 2 is 1.79 bits per heavy atom. The van der Waals surface area contributed by atoms with E-state index in [0.29, 0.717) is 18.0 Å². The van der Waals surface area contributed by atoms with Gasteiger partial charge < -0.3 is 4.74 Å². The number of rotatable bonds is 7. The Balaban J connectivity index is 1.46. The van der Waals surface area contributed by atoms with Gasteiger partial charge >= 0.3 is 5.97 Å². The van der Waals surface area contributed by atoms with Gasteiger partial charge in [-0.2, -0.15) is 5.10 Å². The molecule has 2 aromatic carbocycles. The Morgan fingerprint density at radius 3 is 2.55 bits per heavy atom. The SMILES string of the molecule is O=C(CCC(=O)N1CCC(c2ccccc2)=N1)OCC(=O)c1cc(Cl)ccc1Cl. The quantitative estimate of drug-likeness (QED) is 0.486. The second-order valence-electron chi connectivity index (χ2n) is 6.39. The minimum atomic E-state index is -0.642. The van der Waals surface area contributed by atoms with Gasteiger partial charge in [-0.05, 0) is 23.8 Å². The van der Waals surface area contributed by atoms with Crippen molar-refractivity contribution in [1.29, 1.82) is 0 Å². The van der Waals surface area contributed by atoms with Crippen molar-refractivity contribution in [3.05, 3.63) is 69.7 Å². The van der Waals surface area contributed by atoms with Crippen LogP contribution < -0.4 is 0 Å². The molecule has 0 bridgehead atoms. The fourth-order valence-electron chi connectivity index (χ4n) is 2.82. The Morgan fingerprint density at radius 1 is 1.03 bits per heavy atom. The molecule has 0 radical (unpaired) electrons. The standard InChI is InChI=1S/C21H18Cl2N2O4/c22-15-6-7-17(23)16(12-15)19(26)13-29-21(28)9-8-20(27)25-11-10-18(24-25)14-4-2-1-3-5-14/h1-7,12H,8-11,13H2. The summed E-state index contributed by atoms with van der Waals surface area (Å²) in [4.78, 5) is 36.3. The van der Waals surface area contributed by atoms with Gasteiger partial charge in [0.15, 0.2) is 6.61 Å². The lowest BCUT2D eigenvalue weighted by Crippen LogP contribution is -2.24. The van der Waals surface area contributed by atoms with Gasteiger partial charge in [0.05, 0.1) is 23.7 Å². The zero-order valence-corrected chi connectivity index (χ0v) is 16.9. The highest BCUT2D eigenvalue weighted by molar-refractivity contribution is 6.36. The molecule has 6 nitrogen and oxygen atoms in total. The average molecular weight is 433 g/mol. The number of benzene rings is 2. The smallest absolute Gasteiger partial charge is 0.306 e. The molecule has 0 aromatic heterocycles. The van der Waals surface area contributed by atoms with Crippen LogP contribution in [-0.4, -0.2) is 41.5 Å². The Hall–Kier alpha value is -2.70. The number of hydrazone groups is 1. The van der Waals surface area contributed by atoms with E-state index in [1.807, 2.05) is 30.3 Å². The maximum Gasteiger partial charge on any atom is 0.306 e. The molecule has 0 atom stereocenters. The fraction of sp³-hybridized carbons (Fsp3) is 0.238. The van der Waals surface area contributed by atoms with Crippen molar-refractivity contribution in [3.8, 4) is 0 Å². The molecule has 0 saturated heterocycles. The molecule has 8 heteroatoms. The van der Waals surface area contributed by atoms with E-state index in [1.54, 1.807) is 6.07 Å². The van der Waals surface area contributed by atoms with Crippen LogP contribution in [0.1, 0.15) is 35.2 Å². The monoisotopic (exact) mass is 432 g/mol. The van der Waals surface area contributed by atoms with Gasteiger partial charge in [-0.15, -0.1) is 0 Å². The Kier molecular flexibility index (Phi) is 7.01. The van der Waals surface area contributed by atoms with Crippen LogP contribution >= 0.6 is 23.2 Å². The number of hydrogen-bond acceptors (Lipinski definition) is 5. The summed E-state index contributed by atoms with van der Waals surface area (Å²) in [5, 5.41) is 6.29. The van der Waals surface area contributed by atoms with Crippen LogP contribution in [0.3, 0.4) is 0 Å². The van der Waals surface area contributed by atoms with E-state index in [0.717, 1.165) is 11.3 Å². The minimum absolute atomic E-state index is 0.0451. The first-order chi connectivity index (χ1) is 13.9. The van der Waals surface area contributed by atoms with E-state index < -0.39 is 18.4 Å². The van der Waals surface area contributed by atoms with E-state index in [9.17, 15) is 14.4 Å². The lowest BCUT2D eigenvalue weighted by Gasteiger charge is -2.11. The van der Waals surface area contributed by atoms with E-state index >= 15 is 0 Å². The molecule has 1 aliphatic rings. The van der Waals surface area contributed by atoms with E-state index in [-0.39, 0.29) is 29.3 Å². The lowest BCUT2D eigenvalue weighted by atomic mass is 10.1. The number of carbonyl (C=O) groups excluding carboxylic acids is 3. The Labute approximate surface area is 178 Å². The van der Waals surface area contributed by atoms with Crippen molar-refractivity contribution in [1.82, 2.24) is 5.01 Å². The molecule has 3 rings (SSSR count). The summed E-state index contributed by atoms with van der Waals surface area (Å²) in [5.74, 6) is -1.37. The second kappa shape index (κ2) is 9.67. The molecule has 2 aromatic rings. The number of esters is 1. The van der Waals surface area contributed by atoms with Gasteiger partial charge in [0.25, 0.3) is 0 Å². The predicted octanol–water partition coefficient (Wildman–Crippen LogP) is 4.14. The average Bonchev–Trinajstić information content (AvgIpc) is 3.23. The molecule has 0 spiro atoms. The van der Waals surface area contributed by atoms with Crippen molar-refractivity contribution in [2.24, 2.45) is 5.10 Å². The van der Waals surface area contributed by atoms with Gasteiger partial charge in [-0.25, -0.2) is 5.01 Å². The van der Waals surface area contributed by atoms with Crippen molar-refractivity contribution >= 4 is 46.6 Å². The first kappa shape index (κ1) is 21.0. The molecule has 0 saturated carbocycles. The Bertz CT molecular complexity index is 960. The summed E-state index contributed by atoms with van der Waals surface area (Å²) >= 11 is 11.8. The summed E-state index contributed by atoms with van der Waals surface area (Å²) in [5.41, 5.74) is 1.99. The zero-order chi connectivity index (χ0) is 20.8. The van der Waals surface area contributed by atoms with Crippen LogP contribution in [0.2, 0.25) is 10.0 Å². The molecule has 1 heterocycles. The van der Waals surface area contributed by atoms with Crippen LogP contribution in [0.15, 0.2) is 53.6 Å². The van der Waals surface area contributed by atoms with Crippen molar-refractivity contribution in [2.75, 3.05) is 13.2 Å². The predicted molar refractivity (Wildman–Crippen MR) is 110 cm³/mol. The fourth-order valence-corrected chi connectivity index (χ4v) is 3.21. The minimum Gasteiger partial charge on any atom is -0.457 e. The molecule has 29 heavy (non-hydrogen) atoms. The third-order valence-electron chi connectivity index (χ3n) is 4.33. The molecule has 1 aliphatic heterocycles. The first-order valence-corrected chi connectivity index (χ1v) is 9.77. The first-order valence-electron chi connectivity index (χ1n) is 9.01. The third kappa shape index (κ3) is 5.65. The van der Waals surface area contributed by atoms with Gasteiger partial charge in [-0.3, -0.25) is 14.4 Å². The molecule has 150 valence electrons. The second-order valence-corrected chi connectivity index (χ2v) is 7.23. The maximum absolute atomic E-state index is 12.3. The number of hydrogen-bond donors (Lipinski definition) is 0. The highest BCUT2D eigenvalue weighted by atomic mass is 35.5. The summed E-state index contributed by atoms with van der Waals surface area (Å²) in [6.45, 7) is 0.0109. The van der Waals surface area contributed by atoms with E-state index in [2.05, 4.69) is 5.10 Å². The van der Waals surface area contributed by atoms with E-state index in [4.69, 9.17) is 27.9 Å². The number of ether oxygens (including phenoxy) is 1. The number of ketones is 1. The normalized spacial score (nSPS) is 13.2. The van der Waals surface area contributed by atoms with Crippen LogP contribution in [0, 0.1) is 0 Å². The van der Waals surface area contributed by atoms with Gasteiger partial charge in [0.1, 0.15) is 0 Å². The molecule has 0 aliphatic carbocycles.